The molecule has 0 atom stereocenters. The Morgan fingerprint density at radius 2 is 1.83 bits per heavy atom. The van der Waals surface area contributed by atoms with Crippen LogP contribution >= 0.6 is 0 Å². The molecule has 0 aliphatic rings. The highest BCUT2D eigenvalue weighted by atomic mass is 14.6. The van der Waals surface area contributed by atoms with E-state index in [0.29, 0.717) is 0 Å². The number of aryl methyl sites for hydroxylation is 2. The first kappa shape index (κ1) is 14.5. The van der Waals surface area contributed by atoms with Crippen molar-refractivity contribution < 1.29 is 0 Å². The van der Waals surface area contributed by atoms with Gasteiger partial charge in [-0.1, -0.05) is 44.4 Å². The molecule has 1 nitrogen and oxygen atoms in total. The number of rotatable bonds is 2. The fourth-order valence-corrected chi connectivity index (χ4v) is 1.96. The molecule has 2 radical (unpaired) electrons. The molecule has 2 aromatic rings. The van der Waals surface area contributed by atoms with Gasteiger partial charge >= 0.3 is 0 Å². The smallest absolute Gasteiger partial charge is 0.113 e. The fraction of sp³-hybridized carbons (Fsp3) is 0.312. The highest BCUT2D eigenvalue weighted by Gasteiger charge is 2.06. The van der Waals surface area contributed by atoms with Crippen molar-refractivity contribution in [1.29, 1.82) is 0 Å². The van der Waals surface area contributed by atoms with Gasteiger partial charge in [0.05, 0.1) is 0 Å². The van der Waals surface area contributed by atoms with Gasteiger partial charge in [0.25, 0.3) is 0 Å². The third-order valence-electron chi connectivity index (χ3n) is 2.83. The maximum Gasteiger partial charge on any atom is 0.113 e. The molecule has 18 heavy (non-hydrogen) atoms. The Hall–Kier alpha value is -1.57. The van der Waals surface area contributed by atoms with Crippen LogP contribution in [0, 0.1) is 6.92 Å². The van der Waals surface area contributed by atoms with Crippen LogP contribution in [-0.4, -0.2) is 12.8 Å². The quantitative estimate of drug-likeness (QED) is 0.729. The molecule has 1 aromatic heterocycles. The summed E-state index contributed by atoms with van der Waals surface area (Å²) in [5.74, 6) is 0. The Bertz CT molecular complexity index is 506. The summed E-state index contributed by atoms with van der Waals surface area (Å²) in [6, 6.07) is 8.09. The Labute approximate surface area is 112 Å². The summed E-state index contributed by atoms with van der Waals surface area (Å²) < 4.78 is 0. The normalized spacial score (nSPS) is 9.56. The molecular formula is C16H20BN. The minimum absolute atomic E-state index is 0.809. The lowest BCUT2D eigenvalue weighted by Gasteiger charge is -2.10. The third-order valence-corrected chi connectivity index (χ3v) is 2.83. The SMILES string of the molecule is CC.[B]c1ccc(-c2cnccc2CC)c(C)c1. The molecule has 1 aromatic carbocycles. The van der Waals surface area contributed by atoms with E-state index in [2.05, 4.69) is 31.0 Å². The molecule has 0 fully saturated rings. The molecule has 0 unspecified atom stereocenters. The van der Waals surface area contributed by atoms with Gasteiger partial charge in [0, 0.05) is 18.0 Å². The predicted octanol–water partition coefficient (Wildman–Crippen LogP) is 3.44. The van der Waals surface area contributed by atoms with Gasteiger partial charge in [0.1, 0.15) is 7.85 Å². The molecule has 2 rings (SSSR count). The third kappa shape index (κ3) is 3.22. The van der Waals surface area contributed by atoms with Gasteiger partial charge in [-0.05, 0) is 36.1 Å². The predicted molar refractivity (Wildman–Crippen MR) is 80.5 cm³/mol. The summed E-state index contributed by atoms with van der Waals surface area (Å²) in [6.45, 7) is 8.24. The van der Waals surface area contributed by atoms with Gasteiger partial charge in [-0.2, -0.15) is 0 Å². The summed E-state index contributed by atoms with van der Waals surface area (Å²) in [5.41, 5.74) is 5.76. The monoisotopic (exact) mass is 237 g/mol. The van der Waals surface area contributed by atoms with Crippen LogP contribution in [0.4, 0.5) is 0 Å². The van der Waals surface area contributed by atoms with Crippen molar-refractivity contribution in [3.05, 3.63) is 47.8 Å². The van der Waals surface area contributed by atoms with Crippen molar-refractivity contribution in [2.75, 3.05) is 0 Å². The highest BCUT2D eigenvalue weighted by Crippen LogP contribution is 2.25. The van der Waals surface area contributed by atoms with Crippen molar-refractivity contribution >= 4 is 13.3 Å². The maximum absolute atomic E-state index is 5.76. The van der Waals surface area contributed by atoms with Gasteiger partial charge in [0.15, 0.2) is 0 Å². The number of benzene rings is 1. The highest BCUT2D eigenvalue weighted by molar-refractivity contribution is 6.32. The molecule has 0 N–H and O–H groups in total. The minimum atomic E-state index is 0.809. The topological polar surface area (TPSA) is 12.9 Å². The molecule has 0 amide bonds. The van der Waals surface area contributed by atoms with Crippen molar-refractivity contribution in [3.63, 3.8) is 0 Å². The first-order chi connectivity index (χ1) is 8.72. The molecule has 0 saturated carbocycles. The Balaban J connectivity index is 0.000000771. The second-order valence-corrected chi connectivity index (χ2v) is 3.96. The van der Waals surface area contributed by atoms with Crippen LogP contribution in [0.25, 0.3) is 11.1 Å². The lowest BCUT2D eigenvalue weighted by atomic mass is 9.89. The van der Waals surface area contributed by atoms with E-state index in [1.807, 2.05) is 38.4 Å². The van der Waals surface area contributed by atoms with Crippen LogP contribution in [0.2, 0.25) is 0 Å². The fourth-order valence-electron chi connectivity index (χ4n) is 1.96. The molecule has 0 saturated heterocycles. The second-order valence-electron chi connectivity index (χ2n) is 3.96. The first-order valence-corrected chi connectivity index (χ1v) is 6.51. The number of hydrogen-bond acceptors (Lipinski definition) is 1. The summed E-state index contributed by atoms with van der Waals surface area (Å²) in [5, 5.41) is 0. The van der Waals surface area contributed by atoms with Crippen LogP contribution < -0.4 is 5.46 Å². The minimum Gasteiger partial charge on any atom is -0.264 e. The number of pyridine rings is 1. The lowest BCUT2D eigenvalue weighted by Crippen LogP contribution is -2.03. The van der Waals surface area contributed by atoms with E-state index in [1.54, 1.807) is 0 Å². The summed E-state index contributed by atoms with van der Waals surface area (Å²) >= 11 is 0. The summed E-state index contributed by atoms with van der Waals surface area (Å²) in [6.07, 6.45) is 4.79. The molecule has 0 spiro atoms. The van der Waals surface area contributed by atoms with Crippen LogP contribution in [-0.2, 0) is 6.42 Å². The van der Waals surface area contributed by atoms with E-state index in [0.717, 1.165) is 11.9 Å². The van der Waals surface area contributed by atoms with E-state index in [4.69, 9.17) is 7.85 Å². The van der Waals surface area contributed by atoms with E-state index in [1.165, 1.54) is 22.3 Å². The van der Waals surface area contributed by atoms with E-state index in [9.17, 15) is 0 Å². The molecule has 0 aliphatic carbocycles. The lowest BCUT2D eigenvalue weighted by molar-refractivity contribution is 1.12. The zero-order valence-electron chi connectivity index (χ0n) is 11.7. The average Bonchev–Trinajstić information content (AvgIpc) is 2.41. The number of nitrogens with zero attached hydrogens (tertiary/aromatic N) is 1. The molecule has 0 aliphatic heterocycles. The maximum atomic E-state index is 5.76. The van der Waals surface area contributed by atoms with Crippen LogP contribution in [0.15, 0.2) is 36.7 Å². The molecule has 2 heteroatoms. The van der Waals surface area contributed by atoms with Crippen molar-refractivity contribution in [2.24, 2.45) is 0 Å². The number of hydrogen-bond donors (Lipinski definition) is 0. The van der Waals surface area contributed by atoms with E-state index >= 15 is 0 Å². The Kier molecular flexibility index (Phi) is 5.64. The first-order valence-electron chi connectivity index (χ1n) is 6.51. The van der Waals surface area contributed by atoms with Gasteiger partial charge in [-0.3, -0.25) is 4.98 Å². The van der Waals surface area contributed by atoms with Crippen LogP contribution in [0.3, 0.4) is 0 Å². The largest absolute Gasteiger partial charge is 0.264 e. The van der Waals surface area contributed by atoms with E-state index in [-0.39, 0.29) is 0 Å². The van der Waals surface area contributed by atoms with Crippen LogP contribution in [0.1, 0.15) is 31.9 Å². The van der Waals surface area contributed by atoms with Crippen molar-refractivity contribution in [3.8, 4) is 11.1 Å². The van der Waals surface area contributed by atoms with Gasteiger partial charge in [0.2, 0.25) is 0 Å². The molecule has 92 valence electrons. The zero-order valence-corrected chi connectivity index (χ0v) is 11.7. The molecular weight excluding hydrogens is 217 g/mol. The van der Waals surface area contributed by atoms with Crippen molar-refractivity contribution in [2.45, 2.75) is 34.1 Å². The van der Waals surface area contributed by atoms with Gasteiger partial charge in [-0.15, -0.1) is 0 Å². The zero-order chi connectivity index (χ0) is 13.5. The average molecular weight is 237 g/mol. The summed E-state index contributed by atoms with van der Waals surface area (Å²) in [7, 11) is 5.76. The number of aromatic nitrogens is 1. The summed E-state index contributed by atoms with van der Waals surface area (Å²) in [4.78, 5) is 4.20. The molecule has 1 heterocycles. The van der Waals surface area contributed by atoms with Crippen molar-refractivity contribution in [1.82, 2.24) is 4.98 Å². The van der Waals surface area contributed by atoms with Gasteiger partial charge in [-0.25, -0.2) is 0 Å². The standard InChI is InChI=1S/C14H14BN.C2H6/c1-3-11-6-7-16-9-14(11)13-5-4-12(15)8-10(13)2;1-2/h4-9H,3H2,1-2H3;1-2H3. The Morgan fingerprint density at radius 3 is 2.44 bits per heavy atom. The van der Waals surface area contributed by atoms with E-state index < -0.39 is 0 Å². The Morgan fingerprint density at radius 1 is 1.11 bits per heavy atom. The second kappa shape index (κ2) is 7.00. The molecule has 0 bridgehead atoms. The van der Waals surface area contributed by atoms with Gasteiger partial charge < -0.3 is 0 Å². The van der Waals surface area contributed by atoms with Crippen LogP contribution in [0.5, 0.6) is 0 Å².